The van der Waals surface area contributed by atoms with E-state index in [2.05, 4.69) is 21.0 Å². The average Bonchev–Trinajstić information content (AvgIpc) is 2.73. The smallest absolute Gasteiger partial charge is 0.253 e. The van der Waals surface area contributed by atoms with Crippen LogP contribution in [0.15, 0.2) is 34.9 Å². The normalized spacial score (nSPS) is 10.0. The van der Waals surface area contributed by atoms with Gasteiger partial charge in [0.05, 0.1) is 12.6 Å². The number of nitriles is 1. The lowest BCUT2D eigenvalue weighted by molar-refractivity contribution is 0.0901. The first kappa shape index (κ1) is 12.3. The molecule has 6 heteroatoms. The fraction of sp³-hybridized carbons (Fsp3) is 0.0833. The summed E-state index contributed by atoms with van der Waals surface area (Å²) in [5, 5.41) is 12.6. The molecular formula is C12H9BrN4O. The third kappa shape index (κ3) is 2.26. The van der Waals surface area contributed by atoms with Crippen molar-refractivity contribution in [1.29, 1.82) is 5.26 Å². The number of rotatable bonds is 2. The maximum Gasteiger partial charge on any atom is 0.253 e. The van der Waals surface area contributed by atoms with Crippen LogP contribution < -0.4 is 5.73 Å². The predicted octanol–water partition coefficient (Wildman–Crippen LogP) is 1.98. The fourth-order valence-corrected chi connectivity index (χ4v) is 1.95. The number of nitrogens with zero attached hydrogens (tertiary/aromatic N) is 3. The molecule has 0 aliphatic heterocycles. The Morgan fingerprint density at radius 2 is 2.22 bits per heavy atom. The molecule has 0 spiro atoms. The van der Waals surface area contributed by atoms with Crippen LogP contribution in [-0.4, -0.2) is 15.7 Å². The van der Waals surface area contributed by atoms with E-state index in [1.54, 1.807) is 0 Å². The SMILES string of the molecule is N#Cc1cnn(C(=O)Cc2ccccc2Br)c1N. The third-order valence-corrected chi connectivity index (χ3v) is 3.24. The van der Waals surface area contributed by atoms with Crippen molar-refractivity contribution >= 4 is 27.7 Å². The molecule has 0 saturated carbocycles. The van der Waals surface area contributed by atoms with Gasteiger partial charge in [0, 0.05) is 4.47 Å². The monoisotopic (exact) mass is 304 g/mol. The molecule has 0 amide bonds. The van der Waals surface area contributed by atoms with Gasteiger partial charge < -0.3 is 5.73 Å². The molecule has 1 aromatic carbocycles. The summed E-state index contributed by atoms with van der Waals surface area (Å²) in [7, 11) is 0. The molecule has 1 aromatic heterocycles. The first-order chi connectivity index (χ1) is 8.63. The van der Waals surface area contributed by atoms with Crippen LogP contribution in [0.5, 0.6) is 0 Å². The summed E-state index contributed by atoms with van der Waals surface area (Å²) in [6, 6.07) is 9.29. The third-order valence-electron chi connectivity index (χ3n) is 2.46. The second kappa shape index (κ2) is 5.02. The summed E-state index contributed by atoms with van der Waals surface area (Å²) in [5.74, 6) is -0.199. The quantitative estimate of drug-likeness (QED) is 0.919. The second-order valence-corrected chi connectivity index (χ2v) is 4.48. The molecule has 5 nitrogen and oxygen atoms in total. The number of anilines is 1. The highest BCUT2D eigenvalue weighted by Gasteiger charge is 2.14. The Bertz CT molecular complexity index is 642. The van der Waals surface area contributed by atoms with Gasteiger partial charge in [0.1, 0.15) is 17.5 Å². The van der Waals surface area contributed by atoms with Crippen LogP contribution in [-0.2, 0) is 6.42 Å². The molecule has 18 heavy (non-hydrogen) atoms. The van der Waals surface area contributed by atoms with E-state index < -0.39 is 0 Å². The minimum Gasteiger partial charge on any atom is -0.382 e. The van der Waals surface area contributed by atoms with Crippen molar-refractivity contribution in [2.24, 2.45) is 0 Å². The molecule has 2 N–H and O–H groups in total. The van der Waals surface area contributed by atoms with Crippen molar-refractivity contribution in [3.63, 3.8) is 0 Å². The fourth-order valence-electron chi connectivity index (χ4n) is 1.52. The summed E-state index contributed by atoms with van der Waals surface area (Å²) < 4.78 is 1.91. The van der Waals surface area contributed by atoms with Gasteiger partial charge in [0.25, 0.3) is 5.91 Å². The molecule has 1 heterocycles. The molecule has 0 bridgehead atoms. The van der Waals surface area contributed by atoms with E-state index in [1.165, 1.54) is 6.20 Å². The Kier molecular flexibility index (Phi) is 3.44. The number of aromatic nitrogens is 2. The van der Waals surface area contributed by atoms with E-state index in [9.17, 15) is 4.79 Å². The number of benzene rings is 1. The highest BCUT2D eigenvalue weighted by Crippen LogP contribution is 2.18. The van der Waals surface area contributed by atoms with Crippen molar-refractivity contribution in [2.45, 2.75) is 6.42 Å². The first-order valence-corrected chi connectivity index (χ1v) is 5.93. The van der Waals surface area contributed by atoms with Gasteiger partial charge >= 0.3 is 0 Å². The highest BCUT2D eigenvalue weighted by atomic mass is 79.9. The van der Waals surface area contributed by atoms with Crippen LogP contribution in [0.3, 0.4) is 0 Å². The van der Waals surface area contributed by atoms with Crippen LogP contribution in [0, 0.1) is 11.3 Å². The molecule has 0 radical (unpaired) electrons. The molecule has 0 atom stereocenters. The van der Waals surface area contributed by atoms with Gasteiger partial charge in [0.15, 0.2) is 0 Å². The van der Waals surface area contributed by atoms with Crippen LogP contribution in [0.1, 0.15) is 15.9 Å². The molecule has 0 fully saturated rings. The molecule has 0 saturated heterocycles. The lowest BCUT2D eigenvalue weighted by Crippen LogP contribution is -2.17. The van der Waals surface area contributed by atoms with Gasteiger partial charge in [-0.3, -0.25) is 4.79 Å². The molecule has 0 aliphatic carbocycles. The summed E-state index contributed by atoms with van der Waals surface area (Å²) in [6.07, 6.45) is 1.45. The zero-order valence-electron chi connectivity index (χ0n) is 9.30. The number of nitrogen functional groups attached to an aromatic ring is 1. The zero-order valence-corrected chi connectivity index (χ0v) is 10.9. The van der Waals surface area contributed by atoms with Crippen LogP contribution in [0.25, 0.3) is 0 Å². The number of hydrogen-bond donors (Lipinski definition) is 1. The Balaban J connectivity index is 2.26. The van der Waals surface area contributed by atoms with Gasteiger partial charge in [-0.05, 0) is 11.6 Å². The van der Waals surface area contributed by atoms with Gasteiger partial charge in [-0.1, -0.05) is 34.1 Å². The first-order valence-electron chi connectivity index (χ1n) is 5.13. The standard InChI is InChI=1S/C12H9BrN4O/c13-10-4-2-1-3-8(10)5-11(18)17-12(15)9(6-14)7-16-17/h1-4,7H,5,15H2. The minimum absolute atomic E-state index is 0.0783. The van der Waals surface area contributed by atoms with Gasteiger partial charge in [0.2, 0.25) is 0 Å². The minimum atomic E-state index is -0.277. The van der Waals surface area contributed by atoms with Crippen molar-refractivity contribution in [2.75, 3.05) is 5.73 Å². The van der Waals surface area contributed by atoms with Crippen molar-refractivity contribution in [3.05, 3.63) is 46.1 Å². The second-order valence-electron chi connectivity index (χ2n) is 3.63. The molecule has 90 valence electrons. The summed E-state index contributed by atoms with van der Waals surface area (Å²) >= 11 is 3.37. The number of carbonyl (C=O) groups excluding carboxylic acids is 1. The molecule has 2 aromatic rings. The number of halogens is 1. The van der Waals surface area contributed by atoms with Crippen LogP contribution in [0.2, 0.25) is 0 Å². The summed E-state index contributed by atoms with van der Waals surface area (Å²) in [6.45, 7) is 0. The summed E-state index contributed by atoms with van der Waals surface area (Å²) in [4.78, 5) is 12.0. The average molecular weight is 305 g/mol. The van der Waals surface area contributed by atoms with Crippen molar-refractivity contribution < 1.29 is 4.79 Å². The molecule has 0 aliphatic rings. The van der Waals surface area contributed by atoms with E-state index in [1.807, 2.05) is 30.3 Å². The Hall–Kier alpha value is -2.13. The van der Waals surface area contributed by atoms with E-state index >= 15 is 0 Å². The van der Waals surface area contributed by atoms with E-state index in [-0.39, 0.29) is 23.7 Å². The maximum atomic E-state index is 12.0. The largest absolute Gasteiger partial charge is 0.382 e. The molecule has 2 rings (SSSR count). The zero-order chi connectivity index (χ0) is 13.1. The Labute approximate surface area is 112 Å². The highest BCUT2D eigenvalue weighted by molar-refractivity contribution is 9.10. The lowest BCUT2D eigenvalue weighted by Gasteiger charge is -2.04. The van der Waals surface area contributed by atoms with Crippen molar-refractivity contribution in [1.82, 2.24) is 9.78 Å². The van der Waals surface area contributed by atoms with Crippen LogP contribution >= 0.6 is 15.9 Å². The van der Waals surface area contributed by atoms with E-state index in [0.29, 0.717) is 0 Å². The van der Waals surface area contributed by atoms with Gasteiger partial charge in [-0.2, -0.15) is 15.0 Å². The van der Waals surface area contributed by atoms with Crippen molar-refractivity contribution in [3.8, 4) is 6.07 Å². The van der Waals surface area contributed by atoms with Crippen LogP contribution in [0.4, 0.5) is 5.82 Å². The van der Waals surface area contributed by atoms with E-state index in [4.69, 9.17) is 11.0 Å². The van der Waals surface area contributed by atoms with E-state index in [0.717, 1.165) is 14.7 Å². The lowest BCUT2D eigenvalue weighted by atomic mass is 10.1. The van der Waals surface area contributed by atoms with Gasteiger partial charge in [-0.15, -0.1) is 0 Å². The number of nitrogens with two attached hydrogens (primary N) is 1. The Morgan fingerprint density at radius 3 is 2.83 bits per heavy atom. The number of carbonyl (C=O) groups is 1. The topological polar surface area (TPSA) is 84.7 Å². The molecule has 0 unspecified atom stereocenters. The summed E-state index contributed by atoms with van der Waals surface area (Å²) in [5.41, 5.74) is 6.70. The molecular weight excluding hydrogens is 296 g/mol. The maximum absolute atomic E-state index is 12.0. The predicted molar refractivity (Wildman–Crippen MR) is 69.8 cm³/mol. The Morgan fingerprint density at radius 1 is 1.50 bits per heavy atom. The van der Waals surface area contributed by atoms with Gasteiger partial charge in [-0.25, -0.2) is 0 Å². The number of hydrogen-bond acceptors (Lipinski definition) is 4.